The number of carbonyl (C=O) groups excluding carboxylic acids is 1. The van der Waals surface area contributed by atoms with Crippen molar-refractivity contribution in [3.05, 3.63) is 41.6 Å². The molecular weight excluding hydrogens is 232 g/mol. The molecule has 0 bridgehead atoms. The molecule has 5 heteroatoms. The molecule has 96 valence electrons. The van der Waals surface area contributed by atoms with E-state index in [2.05, 4.69) is 10.6 Å². The van der Waals surface area contributed by atoms with E-state index in [1.807, 2.05) is 31.2 Å². The molecule has 0 saturated heterocycles. The van der Waals surface area contributed by atoms with Gasteiger partial charge in [-0.3, -0.25) is 4.79 Å². The van der Waals surface area contributed by atoms with Crippen molar-refractivity contribution < 1.29 is 14.7 Å². The highest BCUT2D eigenvalue weighted by atomic mass is 16.4. The molecule has 1 rings (SSSR count). The lowest BCUT2D eigenvalue weighted by atomic mass is 10.1. The second-order valence-corrected chi connectivity index (χ2v) is 3.73. The van der Waals surface area contributed by atoms with Gasteiger partial charge < -0.3 is 15.7 Å². The maximum absolute atomic E-state index is 11.2. The van der Waals surface area contributed by atoms with Crippen molar-refractivity contribution in [2.45, 2.75) is 13.3 Å². The molecule has 0 radical (unpaired) electrons. The smallest absolute Gasteiger partial charge is 0.318 e. The van der Waals surface area contributed by atoms with Crippen molar-refractivity contribution in [2.75, 3.05) is 6.54 Å². The van der Waals surface area contributed by atoms with Gasteiger partial charge in [0.15, 0.2) is 0 Å². The summed E-state index contributed by atoms with van der Waals surface area (Å²) in [7, 11) is 0. The number of nitrogens with one attached hydrogen (secondary N) is 2. The molecule has 0 unspecified atom stereocenters. The van der Waals surface area contributed by atoms with Crippen molar-refractivity contribution in [3.8, 4) is 0 Å². The molecule has 0 aliphatic heterocycles. The van der Waals surface area contributed by atoms with Gasteiger partial charge in [-0.15, -0.1) is 0 Å². The number of urea groups is 1. The van der Waals surface area contributed by atoms with Crippen LogP contribution in [0.2, 0.25) is 0 Å². The number of amides is 2. The lowest BCUT2D eigenvalue weighted by molar-refractivity contribution is -0.136. The fourth-order valence-corrected chi connectivity index (χ4v) is 1.31. The van der Waals surface area contributed by atoms with Crippen LogP contribution in [0.25, 0.3) is 6.08 Å². The van der Waals surface area contributed by atoms with Gasteiger partial charge in [0.05, 0.1) is 6.42 Å². The van der Waals surface area contributed by atoms with E-state index in [-0.39, 0.29) is 13.0 Å². The van der Waals surface area contributed by atoms with Crippen LogP contribution >= 0.6 is 0 Å². The Balaban J connectivity index is 2.34. The predicted octanol–water partition coefficient (Wildman–Crippen LogP) is 1.74. The Morgan fingerprint density at radius 2 is 2.06 bits per heavy atom. The second kappa shape index (κ2) is 7.11. The van der Waals surface area contributed by atoms with E-state index in [0.717, 1.165) is 11.1 Å². The highest BCUT2D eigenvalue weighted by molar-refractivity contribution is 5.76. The van der Waals surface area contributed by atoms with Gasteiger partial charge in [0, 0.05) is 12.7 Å². The Bertz CT molecular complexity index is 455. The predicted molar refractivity (Wildman–Crippen MR) is 69.0 cm³/mol. The highest BCUT2D eigenvalue weighted by Gasteiger charge is 1.99. The summed E-state index contributed by atoms with van der Waals surface area (Å²) in [4.78, 5) is 21.5. The van der Waals surface area contributed by atoms with Crippen LogP contribution in [0.15, 0.2) is 30.5 Å². The molecule has 0 aromatic heterocycles. The monoisotopic (exact) mass is 248 g/mol. The van der Waals surface area contributed by atoms with Crippen LogP contribution in [0.1, 0.15) is 17.5 Å². The topological polar surface area (TPSA) is 78.4 Å². The molecule has 0 fully saturated rings. The fourth-order valence-electron chi connectivity index (χ4n) is 1.31. The molecule has 0 spiro atoms. The molecule has 1 aromatic carbocycles. The largest absolute Gasteiger partial charge is 0.481 e. The number of carboxylic acids is 1. The molecule has 0 atom stereocenters. The summed E-state index contributed by atoms with van der Waals surface area (Å²) in [5.74, 6) is -0.939. The third-order valence-electron chi connectivity index (χ3n) is 2.29. The first-order chi connectivity index (χ1) is 8.59. The highest BCUT2D eigenvalue weighted by Crippen LogP contribution is 2.07. The first-order valence-corrected chi connectivity index (χ1v) is 5.58. The molecule has 2 amide bonds. The molecule has 18 heavy (non-hydrogen) atoms. The molecule has 0 heterocycles. The summed E-state index contributed by atoms with van der Waals surface area (Å²) in [5, 5.41) is 13.3. The van der Waals surface area contributed by atoms with Crippen LogP contribution in [0, 0.1) is 6.92 Å². The van der Waals surface area contributed by atoms with Crippen LogP contribution in [-0.4, -0.2) is 23.7 Å². The quantitative estimate of drug-likeness (QED) is 0.742. The Labute approximate surface area is 106 Å². The van der Waals surface area contributed by atoms with Crippen LogP contribution < -0.4 is 10.6 Å². The van der Waals surface area contributed by atoms with Gasteiger partial charge in [-0.2, -0.15) is 0 Å². The van der Waals surface area contributed by atoms with E-state index in [0.29, 0.717) is 0 Å². The van der Waals surface area contributed by atoms with E-state index in [9.17, 15) is 9.59 Å². The van der Waals surface area contributed by atoms with Gasteiger partial charge in [-0.1, -0.05) is 24.3 Å². The maximum atomic E-state index is 11.2. The van der Waals surface area contributed by atoms with Crippen LogP contribution in [0.4, 0.5) is 4.79 Å². The summed E-state index contributed by atoms with van der Waals surface area (Å²) >= 11 is 0. The number of aliphatic carboxylic acids is 1. The average Bonchev–Trinajstić information content (AvgIpc) is 2.31. The number of rotatable bonds is 5. The zero-order valence-corrected chi connectivity index (χ0v) is 10.1. The van der Waals surface area contributed by atoms with Gasteiger partial charge >= 0.3 is 12.0 Å². The van der Waals surface area contributed by atoms with Gasteiger partial charge in [0.25, 0.3) is 0 Å². The lowest BCUT2D eigenvalue weighted by Gasteiger charge is -2.02. The van der Waals surface area contributed by atoms with Crippen molar-refractivity contribution in [1.29, 1.82) is 0 Å². The SMILES string of the molecule is Cc1ccccc1/C=C/NC(=O)NCCC(=O)O. The van der Waals surface area contributed by atoms with E-state index < -0.39 is 12.0 Å². The zero-order valence-electron chi connectivity index (χ0n) is 10.1. The van der Waals surface area contributed by atoms with Crippen LogP contribution in [0.3, 0.4) is 0 Å². The minimum atomic E-state index is -0.939. The number of benzene rings is 1. The van der Waals surface area contributed by atoms with E-state index in [1.54, 1.807) is 6.08 Å². The summed E-state index contributed by atoms with van der Waals surface area (Å²) in [6.07, 6.45) is 3.22. The van der Waals surface area contributed by atoms with Gasteiger partial charge in [0.1, 0.15) is 0 Å². The minimum Gasteiger partial charge on any atom is -0.481 e. The number of aryl methyl sites for hydroxylation is 1. The summed E-state index contributed by atoms with van der Waals surface area (Å²) < 4.78 is 0. The van der Waals surface area contributed by atoms with Gasteiger partial charge in [-0.05, 0) is 24.1 Å². The van der Waals surface area contributed by atoms with Crippen molar-refractivity contribution in [2.24, 2.45) is 0 Å². The number of hydrogen-bond donors (Lipinski definition) is 3. The molecule has 5 nitrogen and oxygen atoms in total. The molecule has 0 aliphatic carbocycles. The van der Waals surface area contributed by atoms with E-state index >= 15 is 0 Å². The number of hydrogen-bond acceptors (Lipinski definition) is 2. The van der Waals surface area contributed by atoms with E-state index in [4.69, 9.17) is 5.11 Å². The van der Waals surface area contributed by atoms with Crippen molar-refractivity contribution in [3.63, 3.8) is 0 Å². The molecule has 1 aromatic rings. The van der Waals surface area contributed by atoms with Crippen molar-refractivity contribution >= 4 is 18.1 Å². The number of carboxylic acid groups (broad SMARTS) is 1. The third kappa shape index (κ3) is 5.16. The fraction of sp³-hybridized carbons (Fsp3) is 0.231. The van der Waals surface area contributed by atoms with E-state index in [1.165, 1.54) is 6.20 Å². The standard InChI is InChI=1S/C13H16N2O3/c1-10-4-2-3-5-11(10)6-8-14-13(18)15-9-7-12(16)17/h2-6,8H,7,9H2,1H3,(H,16,17)(H2,14,15,18)/b8-6+. The van der Waals surface area contributed by atoms with Gasteiger partial charge in [-0.25, -0.2) is 4.79 Å². The molecule has 3 N–H and O–H groups in total. The summed E-state index contributed by atoms with van der Waals surface area (Å²) in [6, 6.07) is 7.36. The van der Waals surface area contributed by atoms with Crippen molar-refractivity contribution in [1.82, 2.24) is 10.6 Å². The molecular formula is C13H16N2O3. The van der Waals surface area contributed by atoms with Crippen LogP contribution in [-0.2, 0) is 4.79 Å². The Hall–Kier alpha value is -2.30. The Morgan fingerprint density at radius 1 is 1.33 bits per heavy atom. The average molecular weight is 248 g/mol. The van der Waals surface area contributed by atoms with Crippen LogP contribution in [0.5, 0.6) is 0 Å². The summed E-state index contributed by atoms with van der Waals surface area (Å²) in [6.45, 7) is 2.09. The van der Waals surface area contributed by atoms with Gasteiger partial charge in [0.2, 0.25) is 0 Å². The molecule has 0 aliphatic rings. The Kier molecular flexibility index (Phi) is 5.44. The third-order valence-corrected chi connectivity index (χ3v) is 2.29. The normalized spacial score (nSPS) is 10.3. The Morgan fingerprint density at radius 3 is 2.72 bits per heavy atom. The summed E-state index contributed by atoms with van der Waals surface area (Å²) in [5.41, 5.74) is 2.13. The first-order valence-electron chi connectivity index (χ1n) is 5.58. The maximum Gasteiger partial charge on any atom is 0.318 e. The lowest BCUT2D eigenvalue weighted by Crippen LogP contribution is -2.33. The minimum absolute atomic E-state index is 0.0884. The zero-order chi connectivity index (χ0) is 13.4. The molecule has 0 saturated carbocycles. The number of carbonyl (C=O) groups is 2. The first kappa shape index (κ1) is 13.8. The second-order valence-electron chi connectivity index (χ2n) is 3.73.